The minimum Gasteiger partial charge on any atom is -0.494 e. The number of aromatic nitrogens is 1. The molecule has 0 bridgehead atoms. The Balaban J connectivity index is 1.71. The van der Waals surface area contributed by atoms with Crippen molar-refractivity contribution in [1.82, 2.24) is 9.99 Å². The molecule has 156 valence electrons. The molecule has 3 rings (SSSR count). The molecule has 0 saturated heterocycles. The highest BCUT2D eigenvalue weighted by Crippen LogP contribution is 2.28. The Hall–Kier alpha value is -2.76. The lowest BCUT2D eigenvalue weighted by atomic mass is 10.2. The number of nitrogens with zero attached hydrogens (tertiary/aromatic N) is 2. The van der Waals surface area contributed by atoms with Crippen molar-refractivity contribution in [3.05, 3.63) is 81.1 Å². The molecule has 0 aliphatic rings. The summed E-state index contributed by atoms with van der Waals surface area (Å²) in [6, 6.07) is 14.3. The Morgan fingerprint density at radius 1 is 1.13 bits per heavy atom. The van der Waals surface area contributed by atoms with E-state index in [9.17, 15) is 4.79 Å². The maximum atomic E-state index is 12.3. The molecule has 0 aliphatic heterocycles. The van der Waals surface area contributed by atoms with Gasteiger partial charge in [0.15, 0.2) is 0 Å². The van der Waals surface area contributed by atoms with Gasteiger partial charge in [-0.3, -0.25) is 4.79 Å². The van der Waals surface area contributed by atoms with Gasteiger partial charge in [0.25, 0.3) is 5.91 Å². The van der Waals surface area contributed by atoms with Crippen LogP contribution in [0.15, 0.2) is 53.6 Å². The number of aryl methyl sites for hydroxylation is 1. The number of hydrogen-bond acceptors (Lipinski definition) is 3. The smallest absolute Gasteiger partial charge is 0.271 e. The first-order valence-corrected chi connectivity index (χ1v) is 10.4. The fourth-order valence-electron chi connectivity index (χ4n) is 3.10. The van der Waals surface area contributed by atoms with Gasteiger partial charge in [-0.25, -0.2) is 5.43 Å². The van der Waals surface area contributed by atoms with Gasteiger partial charge in [-0.15, -0.1) is 0 Å². The van der Waals surface area contributed by atoms with E-state index in [0.29, 0.717) is 22.2 Å². The van der Waals surface area contributed by atoms with E-state index in [4.69, 9.17) is 27.9 Å². The third-order valence-corrected chi connectivity index (χ3v) is 5.12. The minimum atomic E-state index is -0.289. The lowest BCUT2D eigenvalue weighted by Gasteiger charge is -2.11. The summed E-state index contributed by atoms with van der Waals surface area (Å²) in [4.78, 5) is 12.3. The molecule has 1 amide bonds. The predicted molar refractivity (Wildman–Crippen MR) is 123 cm³/mol. The Labute approximate surface area is 186 Å². The van der Waals surface area contributed by atoms with Crippen molar-refractivity contribution in [2.75, 3.05) is 6.61 Å². The average molecular weight is 444 g/mol. The predicted octanol–water partition coefficient (Wildman–Crippen LogP) is 5.95. The molecule has 0 unspecified atom stereocenters. The lowest BCUT2D eigenvalue weighted by molar-refractivity contribution is 0.0955. The second-order valence-corrected chi connectivity index (χ2v) is 7.67. The van der Waals surface area contributed by atoms with Gasteiger partial charge in [0, 0.05) is 27.5 Å². The Bertz CT molecular complexity index is 1070. The summed E-state index contributed by atoms with van der Waals surface area (Å²) in [7, 11) is 0. The van der Waals surface area contributed by atoms with Gasteiger partial charge in [-0.1, -0.05) is 30.1 Å². The van der Waals surface area contributed by atoms with E-state index in [1.54, 1.807) is 42.6 Å². The number of carbonyl (C=O) groups excluding carboxylic acids is 1. The summed E-state index contributed by atoms with van der Waals surface area (Å²) in [5.74, 6) is 0.452. The van der Waals surface area contributed by atoms with Crippen LogP contribution in [0.1, 0.15) is 40.7 Å². The molecule has 1 aromatic heterocycles. The summed E-state index contributed by atoms with van der Waals surface area (Å²) in [6.45, 7) is 6.64. The molecule has 0 atom stereocenters. The average Bonchev–Trinajstić information content (AvgIpc) is 3.00. The zero-order chi connectivity index (χ0) is 21.7. The van der Waals surface area contributed by atoms with Gasteiger partial charge >= 0.3 is 0 Å². The Morgan fingerprint density at radius 2 is 1.87 bits per heavy atom. The van der Waals surface area contributed by atoms with Crippen LogP contribution >= 0.6 is 23.2 Å². The van der Waals surface area contributed by atoms with Crippen LogP contribution in [-0.2, 0) is 0 Å². The third-order valence-electron chi connectivity index (χ3n) is 4.58. The van der Waals surface area contributed by atoms with Crippen LogP contribution < -0.4 is 10.2 Å². The van der Waals surface area contributed by atoms with Crippen LogP contribution in [0.5, 0.6) is 5.75 Å². The fourth-order valence-corrected chi connectivity index (χ4v) is 3.59. The van der Waals surface area contributed by atoms with E-state index < -0.39 is 0 Å². The first-order chi connectivity index (χ1) is 14.4. The number of amides is 1. The summed E-state index contributed by atoms with van der Waals surface area (Å²) in [5, 5.41) is 5.26. The first kappa shape index (κ1) is 21.9. The van der Waals surface area contributed by atoms with Gasteiger partial charge in [0.05, 0.1) is 23.5 Å². The second-order valence-electron chi connectivity index (χ2n) is 6.83. The summed E-state index contributed by atoms with van der Waals surface area (Å²) < 4.78 is 7.55. The Morgan fingerprint density at radius 3 is 2.53 bits per heavy atom. The molecule has 1 heterocycles. The number of carbonyl (C=O) groups is 1. The molecular weight excluding hydrogens is 421 g/mol. The largest absolute Gasteiger partial charge is 0.494 e. The van der Waals surface area contributed by atoms with Gasteiger partial charge in [0.2, 0.25) is 0 Å². The van der Waals surface area contributed by atoms with Gasteiger partial charge in [-0.05, 0) is 68.8 Å². The zero-order valence-corrected chi connectivity index (χ0v) is 18.6. The standard InChI is InChI=1S/C23H23Cl2N3O2/c1-4-11-30-20-8-5-17(6-9-20)23(29)27-26-14-18-12-15(2)28(16(18)3)22-10-7-19(24)13-21(22)25/h5-10,12-14H,4,11H2,1-3H3,(H,27,29)/b26-14+. The highest BCUT2D eigenvalue weighted by Gasteiger charge is 2.12. The first-order valence-electron chi connectivity index (χ1n) is 9.61. The van der Waals surface area contributed by atoms with Crippen molar-refractivity contribution in [3.63, 3.8) is 0 Å². The summed E-state index contributed by atoms with van der Waals surface area (Å²) in [6.07, 6.45) is 2.56. The second kappa shape index (κ2) is 9.83. The van der Waals surface area contributed by atoms with Crippen molar-refractivity contribution in [3.8, 4) is 11.4 Å². The number of benzene rings is 2. The molecular formula is C23H23Cl2N3O2. The monoisotopic (exact) mass is 443 g/mol. The van der Waals surface area contributed by atoms with Gasteiger partial charge < -0.3 is 9.30 Å². The summed E-state index contributed by atoms with van der Waals surface area (Å²) >= 11 is 12.4. The number of hydrogen-bond donors (Lipinski definition) is 1. The maximum Gasteiger partial charge on any atom is 0.271 e. The molecule has 1 N–H and O–H groups in total. The van der Waals surface area contributed by atoms with Crippen molar-refractivity contribution in [2.45, 2.75) is 27.2 Å². The van der Waals surface area contributed by atoms with E-state index in [0.717, 1.165) is 34.8 Å². The van der Waals surface area contributed by atoms with Crippen LogP contribution in [0, 0.1) is 13.8 Å². The molecule has 5 nitrogen and oxygen atoms in total. The van der Waals surface area contributed by atoms with Gasteiger partial charge in [0.1, 0.15) is 5.75 Å². The molecule has 7 heteroatoms. The van der Waals surface area contributed by atoms with E-state index in [1.807, 2.05) is 37.5 Å². The number of halogens is 2. The van der Waals surface area contributed by atoms with Crippen LogP contribution in [0.25, 0.3) is 5.69 Å². The minimum absolute atomic E-state index is 0.289. The van der Waals surface area contributed by atoms with Crippen molar-refractivity contribution < 1.29 is 9.53 Å². The van der Waals surface area contributed by atoms with Crippen LogP contribution in [0.4, 0.5) is 0 Å². The molecule has 0 saturated carbocycles. The number of rotatable bonds is 7. The topological polar surface area (TPSA) is 55.6 Å². The summed E-state index contributed by atoms with van der Waals surface area (Å²) in [5.41, 5.74) is 6.73. The highest BCUT2D eigenvalue weighted by atomic mass is 35.5. The van der Waals surface area contributed by atoms with Crippen LogP contribution in [0.3, 0.4) is 0 Å². The van der Waals surface area contributed by atoms with E-state index in [2.05, 4.69) is 10.5 Å². The molecule has 3 aromatic rings. The molecule has 2 aromatic carbocycles. The van der Waals surface area contributed by atoms with Crippen LogP contribution in [-0.4, -0.2) is 23.3 Å². The van der Waals surface area contributed by atoms with Crippen molar-refractivity contribution >= 4 is 35.3 Å². The Kier molecular flexibility index (Phi) is 7.19. The number of nitrogens with one attached hydrogen (secondary N) is 1. The zero-order valence-electron chi connectivity index (χ0n) is 17.1. The van der Waals surface area contributed by atoms with Crippen LogP contribution in [0.2, 0.25) is 10.0 Å². The molecule has 0 fully saturated rings. The van der Waals surface area contributed by atoms with E-state index in [-0.39, 0.29) is 5.91 Å². The molecule has 30 heavy (non-hydrogen) atoms. The normalized spacial score (nSPS) is 11.1. The fraction of sp³-hybridized carbons (Fsp3) is 0.217. The molecule has 0 spiro atoms. The quantitative estimate of drug-likeness (QED) is 0.362. The number of ether oxygens (including phenoxy) is 1. The van der Waals surface area contributed by atoms with Crippen molar-refractivity contribution in [2.24, 2.45) is 5.10 Å². The third kappa shape index (κ3) is 5.04. The number of hydrazone groups is 1. The van der Waals surface area contributed by atoms with Gasteiger partial charge in [-0.2, -0.15) is 5.10 Å². The maximum absolute atomic E-state index is 12.3. The SMILES string of the molecule is CCCOc1ccc(C(=O)N/N=C/c2cc(C)n(-c3ccc(Cl)cc3Cl)c2C)cc1. The molecule has 0 radical (unpaired) electrons. The molecule has 0 aliphatic carbocycles. The highest BCUT2D eigenvalue weighted by molar-refractivity contribution is 6.35. The van der Waals surface area contributed by atoms with Crippen molar-refractivity contribution in [1.29, 1.82) is 0 Å². The van der Waals surface area contributed by atoms with E-state index in [1.165, 1.54) is 0 Å². The van der Waals surface area contributed by atoms with E-state index >= 15 is 0 Å². The lowest BCUT2D eigenvalue weighted by Crippen LogP contribution is -2.17.